The van der Waals surface area contributed by atoms with Gasteiger partial charge in [-0.1, -0.05) is 30.3 Å². The Hall–Kier alpha value is -2.93. The molecule has 0 bridgehead atoms. The molecule has 0 aromatic heterocycles. The summed E-state index contributed by atoms with van der Waals surface area (Å²) in [7, 11) is 0. The molecule has 0 radical (unpaired) electrons. The summed E-state index contributed by atoms with van der Waals surface area (Å²) < 4.78 is 14.5. The van der Waals surface area contributed by atoms with Crippen LogP contribution in [0.5, 0.6) is 0 Å². The molecule has 2 aromatic carbocycles. The lowest BCUT2D eigenvalue weighted by molar-refractivity contribution is -0.137. The van der Waals surface area contributed by atoms with Crippen molar-refractivity contribution < 1.29 is 14.0 Å². The summed E-state index contributed by atoms with van der Waals surface area (Å²) in [6.45, 7) is 7.72. The predicted molar refractivity (Wildman–Crippen MR) is 116 cm³/mol. The van der Waals surface area contributed by atoms with E-state index < -0.39 is 11.7 Å². The average Bonchev–Trinajstić information content (AvgIpc) is 2.76. The Morgan fingerprint density at radius 1 is 1.03 bits per heavy atom. The molecule has 7 heteroatoms. The lowest BCUT2D eigenvalue weighted by Gasteiger charge is -2.41. The molecule has 0 aliphatic carbocycles. The van der Waals surface area contributed by atoms with E-state index in [1.165, 1.54) is 6.07 Å². The van der Waals surface area contributed by atoms with Gasteiger partial charge >= 0.3 is 0 Å². The van der Waals surface area contributed by atoms with E-state index in [1.807, 2.05) is 54.0 Å². The van der Waals surface area contributed by atoms with Crippen molar-refractivity contribution in [3.8, 4) is 0 Å². The zero-order valence-electron chi connectivity index (χ0n) is 17.6. The minimum absolute atomic E-state index is 0.0941. The summed E-state index contributed by atoms with van der Waals surface area (Å²) in [5.74, 6) is -1.01. The van der Waals surface area contributed by atoms with Crippen LogP contribution in [0, 0.1) is 5.82 Å². The van der Waals surface area contributed by atoms with Gasteiger partial charge in [-0.3, -0.25) is 14.5 Å². The lowest BCUT2D eigenvalue weighted by atomic mass is 10.0. The molecule has 2 N–H and O–H groups in total. The first-order chi connectivity index (χ1) is 14.5. The van der Waals surface area contributed by atoms with Crippen LogP contribution < -0.4 is 10.6 Å². The van der Waals surface area contributed by atoms with Crippen molar-refractivity contribution in [3.05, 3.63) is 65.5 Å². The smallest absolute Gasteiger partial charge is 0.248 e. The second-order valence-electron chi connectivity index (χ2n) is 7.38. The van der Waals surface area contributed by atoms with E-state index in [2.05, 4.69) is 4.90 Å². The van der Waals surface area contributed by atoms with Gasteiger partial charge in [0.15, 0.2) is 0 Å². The molecule has 1 aliphatic heterocycles. The van der Waals surface area contributed by atoms with E-state index in [0.29, 0.717) is 45.0 Å². The number of halogens is 1. The molecule has 6 nitrogen and oxygen atoms in total. The molecular weight excluding hydrogens is 383 g/mol. The van der Waals surface area contributed by atoms with Gasteiger partial charge in [0.2, 0.25) is 11.8 Å². The van der Waals surface area contributed by atoms with Crippen molar-refractivity contribution in [2.75, 3.05) is 44.2 Å². The highest BCUT2D eigenvalue weighted by Gasteiger charge is 2.33. The van der Waals surface area contributed by atoms with Crippen LogP contribution in [0.15, 0.2) is 48.5 Å². The van der Waals surface area contributed by atoms with Gasteiger partial charge < -0.3 is 15.5 Å². The molecule has 1 saturated heterocycles. The van der Waals surface area contributed by atoms with Crippen molar-refractivity contribution in [3.63, 3.8) is 0 Å². The highest BCUT2D eigenvalue weighted by Crippen LogP contribution is 2.27. The molecule has 1 atom stereocenters. The third-order valence-corrected chi connectivity index (χ3v) is 5.68. The summed E-state index contributed by atoms with van der Waals surface area (Å²) in [6.07, 6.45) is 0. The fourth-order valence-electron chi connectivity index (χ4n) is 3.99. The first kappa shape index (κ1) is 21.8. The number of anilines is 1. The lowest BCUT2D eigenvalue weighted by Crippen LogP contribution is -2.52. The Morgan fingerprint density at radius 2 is 1.67 bits per heavy atom. The Morgan fingerprint density at radius 3 is 2.20 bits per heavy atom. The normalized spacial score (nSPS) is 15.6. The number of rotatable bonds is 7. The molecule has 3 rings (SSSR count). The molecule has 1 unspecified atom stereocenters. The quantitative estimate of drug-likeness (QED) is 0.759. The number of amides is 2. The van der Waals surface area contributed by atoms with E-state index in [1.54, 1.807) is 12.1 Å². The molecule has 1 aliphatic rings. The van der Waals surface area contributed by atoms with E-state index in [9.17, 15) is 14.0 Å². The van der Waals surface area contributed by atoms with Crippen LogP contribution in [0.1, 0.15) is 35.8 Å². The first-order valence-electron chi connectivity index (χ1n) is 10.4. The number of hydrogen-bond donors (Lipinski definition) is 1. The van der Waals surface area contributed by atoms with Crippen LogP contribution >= 0.6 is 0 Å². The number of piperazine rings is 1. The topological polar surface area (TPSA) is 69.9 Å². The van der Waals surface area contributed by atoms with Crippen molar-refractivity contribution in [2.45, 2.75) is 19.9 Å². The second-order valence-corrected chi connectivity index (χ2v) is 7.38. The fourth-order valence-corrected chi connectivity index (χ4v) is 3.99. The van der Waals surface area contributed by atoms with Crippen LogP contribution in [-0.4, -0.2) is 60.9 Å². The molecular formula is C23H29FN4O2. The second kappa shape index (κ2) is 9.71. The molecule has 30 heavy (non-hydrogen) atoms. The highest BCUT2D eigenvalue weighted by molar-refractivity contribution is 5.93. The van der Waals surface area contributed by atoms with Crippen LogP contribution in [0.3, 0.4) is 0 Å². The number of carbonyl (C=O) groups is 2. The standard InChI is InChI=1S/C23H29FN4O2/c1-3-26(4-2)23(30)21(17-8-6-5-7-9-17)28-14-12-27(13-15-28)20-11-10-18(22(25)29)16-19(20)24/h5-11,16,21H,3-4,12-15H2,1-2H3,(H2,25,29). The van der Waals surface area contributed by atoms with Crippen LogP contribution in [0.2, 0.25) is 0 Å². The fraction of sp³-hybridized carbons (Fsp3) is 0.391. The molecule has 160 valence electrons. The van der Waals surface area contributed by atoms with Gasteiger partial charge in [0.25, 0.3) is 0 Å². The number of primary amides is 1. The zero-order valence-corrected chi connectivity index (χ0v) is 17.6. The third-order valence-electron chi connectivity index (χ3n) is 5.68. The largest absolute Gasteiger partial charge is 0.367 e. The Kier molecular flexibility index (Phi) is 7.05. The van der Waals surface area contributed by atoms with Crippen molar-refractivity contribution in [1.29, 1.82) is 0 Å². The van der Waals surface area contributed by atoms with Gasteiger partial charge in [-0.2, -0.15) is 0 Å². The molecule has 2 aromatic rings. The van der Waals surface area contributed by atoms with Crippen molar-refractivity contribution in [2.24, 2.45) is 5.73 Å². The number of hydrogen-bond acceptors (Lipinski definition) is 4. The summed E-state index contributed by atoms with van der Waals surface area (Å²) in [5, 5.41) is 0. The summed E-state index contributed by atoms with van der Waals surface area (Å²) in [5.41, 5.74) is 6.81. The zero-order chi connectivity index (χ0) is 21.7. The summed E-state index contributed by atoms with van der Waals surface area (Å²) >= 11 is 0. The number of nitrogens with zero attached hydrogens (tertiary/aromatic N) is 3. The van der Waals surface area contributed by atoms with Crippen LogP contribution in [-0.2, 0) is 4.79 Å². The maximum absolute atomic E-state index is 14.5. The Bertz CT molecular complexity index is 878. The average molecular weight is 413 g/mol. The maximum atomic E-state index is 14.5. The molecule has 0 spiro atoms. The minimum atomic E-state index is -0.647. The van der Waals surface area contributed by atoms with Crippen LogP contribution in [0.25, 0.3) is 0 Å². The van der Waals surface area contributed by atoms with Gasteiger partial charge in [-0.15, -0.1) is 0 Å². The summed E-state index contributed by atoms with van der Waals surface area (Å²) in [4.78, 5) is 30.5. The Balaban J connectivity index is 1.78. The van der Waals surface area contributed by atoms with E-state index in [-0.39, 0.29) is 17.5 Å². The SMILES string of the molecule is CCN(CC)C(=O)C(c1ccccc1)N1CCN(c2ccc(C(N)=O)cc2F)CC1. The van der Waals surface area contributed by atoms with Gasteiger partial charge in [-0.25, -0.2) is 4.39 Å². The molecule has 2 amide bonds. The van der Waals surface area contributed by atoms with Crippen molar-refractivity contribution in [1.82, 2.24) is 9.80 Å². The number of likely N-dealkylation sites (N-methyl/N-ethyl adjacent to an activating group) is 1. The van der Waals surface area contributed by atoms with Gasteiger partial charge in [0.05, 0.1) is 5.69 Å². The van der Waals surface area contributed by atoms with Crippen LogP contribution in [0.4, 0.5) is 10.1 Å². The van der Waals surface area contributed by atoms with E-state index in [4.69, 9.17) is 5.73 Å². The minimum Gasteiger partial charge on any atom is -0.367 e. The van der Waals surface area contributed by atoms with Gasteiger partial charge in [0, 0.05) is 44.8 Å². The van der Waals surface area contributed by atoms with E-state index in [0.717, 1.165) is 5.56 Å². The van der Waals surface area contributed by atoms with Crippen molar-refractivity contribution >= 4 is 17.5 Å². The third kappa shape index (κ3) is 4.62. The number of carbonyl (C=O) groups excluding carboxylic acids is 2. The predicted octanol–water partition coefficient (Wildman–Crippen LogP) is 2.66. The monoisotopic (exact) mass is 412 g/mol. The maximum Gasteiger partial charge on any atom is 0.248 e. The Labute approximate surface area is 177 Å². The highest BCUT2D eigenvalue weighted by atomic mass is 19.1. The van der Waals surface area contributed by atoms with Gasteiger partial charge in [0.1, 0.15) is 11.9 Å². The molecule has 1 fully saturated rings. The summed E-state index contributed by atoms with van der Waals surface area (Å²) in [6, 6.07) is 13.8. The number of benzene rings is 2. The first-order valence-corrected chi connectivity index (χ1v) is 10.4. The number of nitrogens with two attached hydrogens (primary N) is 1. The van der Waals surface area contributed by atoms with E-state index >= 15 is 0 Å². The molecule has 1 heterocycles. The van der Waals surface area contributed by atoms with Gasteiger partial charge in [-0.05, 0) is 37.6 Å². The molecule has 0 saturated carbocycles.